The first kappa shape index (κ1) is 20.4. The molecule has 24 heavy (non-hydrogen) atoms. The predicted octanol–water partition coefficient (Wildman–Crippen LogP) is 3.33. The smallest absolute Gasteiger partial charge is 0.255 e. The van der Waals surface area contributed by atoms with Crippen LogP contribution in [0.5, 0.6) is 0 Å². The van der Waals surface area contributed by atoms with E-state index in [0.29, 0.717) is 11.6 Å². The Morgan fingerprint density at radius 3 is 2.54 bits per heavy atom. The average molecular weight is 368 g/mol. The number of hydrogen-bond donors (Lipinski definition) is 1. The molecule has 1 amide bonds. The monoisotopic (exact) mass is 367 g/mol. The molecule has 0 aliphatic carbocycles. The van der Waals surface area contributed by atoms with Gasteiger partial charge >= 0.3 is 0 Å². The fraction of sp³-hybridized carbons (Fsp3) is 0.333. The molecule has 1 aromatic heterocycles. The van der Waals surface area contributed by atoms with E-state index in [1.807, 2.05) is 17.2 Å². The van der Waals surface area contributed by atoms with Crippen molar-refractivity contribution in [3.63, 3.8) is 0 Å². The first-order chi connectivity index (χ1) is 10.6. The molecule has 2 heterocycles. The van der Waals surface area contributed by atoms with Crippen LogP contribution in [-0.4, -0.2) is 41.5 Å². The van der Waals surface area contributed by atoms with Crippen molar-refractivity contribution in [2.45, 2.75) is 19.9 Å². The number of pyridine rings is 1. The highest BCUT2D eigenvalue weighted by molar-refractivity contribution is 5.95. The lowest BCUT2D eigenvalue weighted by Crippen LogP contribution is -2.51. The van der Waals surface area contributed by atoms with Gasteiger partial charge in [-0.3, -0.25) is 9.78 Å². The predicted molar refractivity (Wildman–Crippen MR) is 102 cm³/mol. The van der Waals surface area contributed by atoms with Crippen molar-refractivity contribution in [3.05, 3.63) is 53.9 Å². The molecule has 0 radical (unpaired) electrons. The highest BCUT2D eigenvalue weighted by Crippen LogP contribution is 2.20. The van der Waals surface area contributed by atoms with Crippen LogP contribution in [0.1, 0.15) is 22.8 Å². The van der Waals surface area contributed by atoms with Gasteiger partial charge in [-0.2, -0.15) is 0 Å². The lowest BCUT2D eigenvalue weighted by atomic mass is 10.0. The summed E-state index contributed by atoms with van der Waals surface area (Å²) in [5, 5.41) is 3.35. The molecule has 2 aromatic rings. The lowest BCUT2D eigenvalue weighted by molar-refractivity contribution is 0.0708. The number of aryl methyl sites for hydroxylation is 1. The Bertz CT molecular complexity index is 676. The summed E-state index contributed by atoms with van der Waals surface area (Å²) in [6.45, 7) is 6.50. The van der Waals surface area contributed by atoms with Crippen molar-refractivity contribution in [1.82, 2.24) is 15.2 Å². The number of piperazine rings is 1. The van der Waals surface area contributed by atoms with Crippen LogP contribution in [-0.2, 0) is 0 Å². The van der Waals surface area contributed by atoms with Gasteiger partial charge in [0, 0.05) is 43.6 Å². The van der Waals surface area contributed by atoms with E-state index in [2.05, 4.69) is 48.4 Å². The second-order valence-electron chi connectivity index (χ2n) is 5.93. The second-order valence-corrected chi connectivity index (χ2v) is 5.93. The van der Waals surface area contributed by atoms with Gasteiger partial charge in [-0.05, 0) is 25.5 Å². The molecule has 1 aliphatic rings. The second kappa shape index (κ2) is 9.02. The van der Waals surface area contributed by atoms with Gasteiger partial charge in [0.1, 0.15) is 0 Å². The van der Waals surface area contributed by atoms with Crippen LogP contribution in [0, 0.1) is 6.92 Å². The van der Waals surface area contributed by atoms with Crippen LogP contribution in [0.2, 0.25) is 0 Å². The van der Waals surface area contributed by atoms with E-state index < -0.39 is 0 Å². The zero-order valence-electron chi connectivity index (χ0n) is 13.9. The maximum absolute atomic E-state index is 12.6. The first-order valence-electron chi connectivity index (χ1n) is 7.68. The van der Waals surface area contributed by atoms with Crippen molar-refractivity contribution >= 4 is 30.7 Å². The van der Waals surface area contributed by atoms with E-state index >= 15 is 0 Å². The van der Waals surface area contributed by atoms with Crippen LogP contribution in [0.25, 0.3) is 11.1 Å². The van der Waals surface area contributed by atoms with Gasteiger partial charge in [0.15, 0.2) is 0 Å². The summed E-state index contributed by atoms with van der Waals surface area (Å²) in [4.78, 5) is 18.8. The number of halogens is 2. The van der Waals surface area contributed by atoms with Crippen molar-refractivity contribution in [1.29, 1.82) is 0 Å². The van der Waals surface area contributed by atoms with E-state index in [1.54, 1.807) is 6.20 Å². The number of amides is 1. The minimum Gasteiger partial charge on any atom is -0.336 e. The highest BCUT2D eigenvalue weighted by Gasteiger charge is 2.22. The molecule has 1 aromatic carbocycles. The van der Waals surface area contributed by atoms with Gasteiger partial charge in [0.25, 0.3) is 5.91 Å². The Morgan fingerprint density at radius 1 is 1.17 bits per heavy atom. The summed E-state index contributed by atoms with van der Waals surface area (Å²) in [5.74, 6) is 0.0646. The van der Waals surface area contributed by atoms with Crippen molar-refractivity contribution in [2.75, 3.05) is 19.6 Å². The van der Waals surface area contributed by atoms with Crippen LogP contribution in [0.4, 0.5) is 0 Å². The zero-order valence-corrected chi connectivity index (χ0v) is 15.5. The third-order valence-corrected chi connectivity index (χ3v) is 4.03. The van der Waals surface area contributed by atoms with Crippen molar-refractivity contribution in [3.8, 4) is 11.1 Å². The summed E-state index contributed by atoms with van der Waals surface area (Å²) < 4.78 is 0. The normalized spacial score (nSPS) is 16.8. The average Bonchev–Trinajstić information content (AvgIpc) is 2.55. The number of carbonyl (C=O) groups is 1. The van der Waals surface area contributed by atoms with Gasteiger partial charge in [0.05, 0.1) is 5.56 Å². The van der Waals surface area contributed by atoms with Gasteiger partial charge in [0.2, 0.25) is 0 Å². The zero-order chi connectivity index (χ0) is 15.5. The van der Waals surface area contributed by atoms with Crippen molar-refractivity contribution in [2.24, 2.45) is 0 Å². The van der Waals surface area contributed by atoms with Crippen LogP contribution in [0.3, 0.4) is 0 Å². The largest absolute Gasteiger partial charge is 0.336 e. The molecule has 3 rings (SSSR count). The quantitative estimate of drug-likeness (QED) is 0.885. The fourth-order valence-corrected chi connectivity index (χ4v) is 2.76. The van der Waals surface area contributed by atoms with Gasteiger partial charge in [-0.1, -0.05) is 29.8 Å². The number of benzene rings is 1. The number of nitrogens with zero attached hydrogens (tertiary/aromatic N) is 2. The van der Waals surface area contributed by atoms with Crippen molar-refractivity contribution < 1.29 is 4.79 Å². The first-order valence-corrected chi connectivity index (χ1v) is 7.68. The molecule has 4 nitrogen and oxygen atoms in total. The lowest BCUT2D eigenvalue weighted by Gasteiger charge is -2.31. The Hall–Kier alpha value is -1.62. The SMILES string of the molecule is Cc1ccc(-c2cncc(C(=O)N3CCNC(C)C3)c2)cc1.Cl.Cl. The van der Waals surface area contributed by atoms with Crippen LogP contribution >= 0.6 is 24.8 Å². The fourth-order valence-electron chi connectivity index (χ4n) is 2.76. The molecule has 1 unspecified atom stereocenters. The maximum Gasteiger partial charge on any atom is 0.255 e. The summed E-state index contributed by atoms with van der Waals surface area (Å²) in [5.41, 5.74) is 3.95. The minimum absolute atomic E-state index is 0. The molecule has 1 atom stereocenters. The van der Waals surface area contributed by atoms with E-state index in [9.17, 15) is 4.79 Å². The third kappa shape index (κ3) is 4.69. The van der Waals surface area contributed by atoms with Gasteiger partial charge in [-0.15, -0.1) is 24.8 Å². The Labute approximate surface area is 155 Å². The molecule has 0 bridgehead atoms. The Morgan fingerprint density at radius 2 is 1.88 bits per heavy atom. The standard InChI is InChI=1S/C18H21N3O.2ClH/c1-13-3-5-15(6-4-13)16-9-17(11-19-10-16)18(22)21-8-7-20-14(2)12-21;;/h3-6,9-11,14,20H,7-8,12H2,1-2H3;2*1H. The van der Waals surface area contributed by atoms with Crippen LogP contribution in [0.15, 0.2) is 42.7 Å². The molecular weight excluding hydrogens is 345 g/mol. The Balaban J connectivity index is 0.00000144. The van der Waals surface area contributed by atoms with Gasteiger partial charge < -0.3 is 10.2 Å². The molecule has 0 saturated carbocycles. The van der Waals surface area contributed by atoms with E-state index in [1.165, 1.54) is 5.56 Å². The molecule has 1 aliphatic heterocycles. The van der Waals surface area contributed by atoms with E-state index in [4.69, 9.17) is 0 Å². The van der Waals surface area contributed by atoms with E-state index in [0.717, 1.165) is 30.8 Å². The molecule has 0 spiro atoms. The molecule has 1 N–H and O–H groups in total. The summed E-state index contributed by atoms with van der Waals surface area (Å²) in [6, 6.07) is 10.5. The summed E-state index contributed by atoms with van der Waals surface area (Å²) in [7, 11) is 0. The van der Waals surface area contributed by atoms with E-state index in [-0.39, 0.29) is 30.7 Å². The highest BCUT2D eigenvalue weighted by atomic mass is 35.5. The number of nitrogens with one attached hydrogen (secondary N) is 1. The number of carbonyl (C=O) groups excluding carboxylic acids is 1. The number of aromatic nitrogens is 1. The maximum atomic E-state index is 12.6. The number of hydrogen-bond acceptors (Lipinski definition) is 3. The number of rotatable bonds is 2. The molecule has 1 fully saturated rings. The Kier molecular flexibility index (Phi) is 7.67. The molecular formula is C18H23Cl2N3O. The van der Waals surface area contributed by atoms with Gasteiger partial charge in [-0.25, -0.2) is 0 Å². The van der Waals surface area contributed by atoms with Crippen LogP contribution < -0.4 is 5.32 Å². The third-order valence-electron chi connectivity index (χ3n) is 4.03. The molecule has 6 heteroatoms. The topological polar surface area (TPSA) is 45.2 Å². The minimum atomic E-state index is 0. The summed E-state index contributed by atoms with van der Waals surface area (Å²) in [6.07, 6.45) is 3.47. The molecule has 130 valence electrons. The molecule has 1 saturated heterocycles. The summed E-state index contributed by atoms with van der Waals surface area (Å²) >= 11 is 0.